The predicted octanol–water partition coefficient (Wildman–Crippen LogP) is 1.64. The standard InChI is InChI=1S/C9H20OSi/c1-9(2,10-11)8-6-4-3-5-7-8/h8H,3-7H2,1-2,11H3. The average Bonchev–Trinajstić information content (AvgIpc) is 2.06. The van der Waals surface area contributed by atoms with Crippen LogP contribution in [0.3, 0.4) is 0 Å². The number of hydrogen-bond donors (Lipinski definition) is 0. The summed E-state index contributed by atoms with van der Waals surface area (Å²) in [7, 11) is 0.881. The average molecular weight is 172 g/mol. The SMILES string of the molecule is CC(C)(O[SiH3])C1CCCCC1. The second-order valence-corrected chi connectivity index (χ2v) is 4.55. The van der Waals surface area contributed by atoms with E-state index in [0.717, 1.165) is 16.4 Å². The van der Waals surface area contributed by atoms with Gasteiger partial charge in [0.15, 0.2) is 0 Å². The molecular weight excluding hydrogens is 152 g/mol. The lowest BCUT2D eigenvalue weighted by atomic mass is 9.79. The maximum absolute atomic E-state index is 5.62. The molecule has 1 aliphatic carbocycles. The molecule has 0 radical (unpaired) electrons. The van der Waals surface area contributed by atoms with Gasteiger partial charge in [0.1, 0.15) is 10.5 Å². The van der Waals surface area contributed by atoms with Gasteiger partial charge in [0.2, 0.25) is 0 Å². The summed E-state index contributed by atoms with van der Waals surface area (Å²) in [6.45, 7) is 4.49. The minimum absolute atomic E-state index is 0.173. The van der Waals surface area contributed by atoms with Crippen molar-refractivity contribution in [1.29, 1.82) is 0 Å². The molecule has 1 saturated carbocycles. The molecule has 0 unspecified atom stereocenters. The fourth-order valence-corrected chi connectivity index (χ4v) is 2.30. The van der Waals surface area contributed by atoms with Crippen LogP contribution < -0.4 is 0 Å². The van der Waals surface area contributed by atoms with Crippen LogP contribution in [-0.2, 0) is 4.43 Å². The molecule has 0 amide bonds. The quantitative estimate of drug-likeness (QED) is 0.575. The van der Waals surface area contributed by atoms with Crippen LogP contribution in [0.5, 0.6) is 0 Å². The Bertz CT molecular complexity index is 117. The van der Waals surface area contributed by atoms with Gasteiger partial charge in [-0.1, -0.05) is 19.3 Å². The monoisotopic (exact) mass is 172 g/mol. The summed E-state index contributed by atoms with van der Waals surface area (Å²) in [5, 5.41) is 0. The van der Waals surface area contributed by atoms with E-state index in [1.165, 1.54) is 32.1 Å². The Hall–Kier alpha value is 0.177. The van der Waals surface area contributed by atoms with Gasteiger partial charge in [0.05, 0.1) is 5.60 Å². The van der Waals surface area contributed by atoms with E-state index in [1.54, 1.807) is 0 Å². The van der Waals surface area contributed by atoms with Crippen molar-refractivity contribution in [2.75, 3.05) is 0 Å². The van der Waals surface area contributed by atoms with E-state index in [1.807, 2.05) is 0 Å². The fraction of sp³-hybridized carbons (Fsp3) is 1.00. The van der Waals surface area contributed by atoms with E-state index in [-0.39, 0.29) is 5.60 Å². The lowest BCUT2D eigenvalue weighted by Gasteiger charge is -2.36. The van der Waals surface area contributed by atoms with Gasteiger partial charge >= 0.3 is 0 Å². The highest BCUT2D eigenvalue weighted by Crippen LogP contribution is 2.33. The normalized spacial score (nSPS) is 22.4. The Morgan fingerprint density at radius 2 is 1.73 bits per heavy atom. The van der Waals surface area contributed by atoms with Crippen LogP contribution in [0, 0.1) is 5.92 Å². The predicted molar refractivity (Wildman–Crippen MR) is 51.7 cm³/mol. The van der Waals surface area contributed by atoms with E-state index in [9.17, 15) is 0 Å². The Morgan fingerprint density at radius 1 is 1.18 bits per heavy atom. The molecule has 0 bridgehead atoms. The third kappa shape index (κ3) is 2.31. The molecule has 1 aliphatic rings. The first-order chi connectivity index (χ1) is 5.17. The van der Waals surface area contributed by atoms with Crippen molar-refractivity contribution >= 4 is 10.5 Å². The van der Waals surface area contributed by atoms with Gasteiger partial charge in [-0.2, -0.15) is 0 Å². The van der Waals surface area contributed by atoms with Crippen LogP contribution in [-0.4, -0.2) is 16.1 Å². The molecule has 0 heterocycles. The lowest BCUT2D eigenvalue weighted by Crippen LogP contribution is -2.35. The van der Waals surface area contributed by atoms with E-state index in [2.05, 4.69) is 13.8 Å². The minimum atomic E-state index is 0.173. The van der Waals surface area contributed by atoms with Gasteiger partial charge < -0.3 is 4.43 Å². The zero-order valence-electron chi connectivity index (χ0n) is 8.02. The van der Waals surface area contributed by atoms with Crippen molar-refractivity contribution in [3.8, 4) is 0 Å². The van der Waals surface area contributed by atoms with E-state index < -0.39 is 0 Å². The topological polar surface area (TPSA) is 9.23 Å². The summed E-state index contributed by atoms with van der Waals surface area (Å²) in [5.74, 6) is 0.828. The molecule has 0 aliphatic heterocycles. The van der Waals surface area contributed by atoms with Gasteiger partial charge in [0.25, 0.3) is 0 Å². The molecule has 0 atom stereocenters. The van der Waals surface area contributed by atoms with Crippen molar-refractivity contribution in [3.05, 3.63) is 0 Å². The van der Waals surface area contributed by atoms with Crippen LogP contribution in [0.15, 0.2) is 0 Å². The van der Waals surface area contributed by atoms with Crippen molar-refractivity contribution in [2.24, 2.45) is 5.92 Å². The first-order valence-electron chi connectivity index (χ1n) is 4.72. The summed E-state index contributed by atoms with van der Waals surface area (Å²) in [5.41, 5.74) is 0.173. The first-order valence-corrected chi connectivity index (χ1v) is 5.53. The van der Waals surface area contributed by atoms with Gasteiger partial charge in [-0.3, -0.25) is 0 Å². The molecule has 0 saturated heterocycles. The van der Waals surface area contributed by atoms with Crippen LogP contribution in [0.2, 0.25) is 0 Å². The smallest absolute Gasteiger partial charge is 0.146 e. The Balaban J connectivity index is 2.43. The third-order valence-electron chi connectivity index (χ3n) is 3.11. The van der Waals surface area contributed by atoms with Crippen molar-refractivity contribution in [1.82, 2.24) is 0 Å². The van der Waals surface area contributed by atoms with Gasteiger partial charge in [-0.15, -0.1) is 0 Å². The molecule has 1 nitrogen and oxygen atoms in total. The molecule has 66 valence electrons. The van der Waals surface area contributed by atoms with Gasteiger partial charge in [-0.05, 0) is 32.6 Å². The summed E-state index contributed by atoms with van der Waals surface area (Å²) in [6.07, 6.45) is 7.04. The summed E-state index contributed by atoms with van der Waals surface area (Å²) < 4.78 is 5.62. The zero-order valence-corrected chi connectivity index (χ0v) is 10.0. The molecule has 0 aromatic heterocycles. The van der Waals surface area contributed by atoms with Gasteiger partial charge in [0, 0.05) is 0 Å². The van der Waals surface area contributed by atoms with Crippen molar-refractivity contribution in [2.45, 2.75) is 51.6 Å². The van der Waals surface area contributed by atoms with Crippen LogP contribution in [0.25, 0.3) is 0 Å². The van der Waals surface area contributed by atoms with Crippen LogP contribution >= 0.6 is 0 Å². The molecule has 1 rings (SSSR count). The van der Waals surface area contributed by atoms with Crippen LogP contribution in [0.1, 0.15) is 46.0 Å². The molecule has 0 spiro atoms. The Kier molecular flexibility index (Phi) is 3.13. The molecule has 0 N–H and O–H groups in total. The minimum Gasteiger partial charge on any atom is -0.423 e. The van der Waals surface area contributed by atoms with Crippen molar-refractivity contribution < 1.29 is 4.43 Å². The molecule has 0 aromatic rings. The summed E-state index contributed by atoms with van der Waals surface area (Å²) >= 11 is 0. The molecular formula is C9H20OSi. The molecule has 2 heteroatoms. The molecule has 1 fully saturated rings. The number of hydrogen-bond acceptors (Lipinski definition) is 1. The van der Waals surface area contributed by atoms with Gasteiger partial charge in [-0.25, -0.2) is 0 Å². The zero-order chi connectivity index (χ0) is 8.32. The number of rotatable bonds is 2. The molecule has 0 aromatic carbocycles. The first kappa shape index (κ1) is 9.27. The fourth-order valence-electron chi connectivity index (χ4n) is 1.96. The molecule has 11 heavy (non-hydrogen) atoms. The lowest BCUT2D eigenvalue weighted by molar-refractivity contribution is 0.0332. The Labute approximate surface area is 73.1 Å². The van der Waals surface area contributed by atoms with Crippen LogP contribution in [0.4, 0.5) is 0 Å². The van der Waals surface area contributed by atoms with E-state index in [4.69, 9.17) is 4.43 Å². The highest BCUT2D eigenvalue weighted by atomic mass is 28.2. The highest BCUT2D eigenvalue weighted by Gasteiger charge is 2.29. The van der Waals surface area contributed by atoms with E-state index in [0.29, 0.717) is 0 Å². The van der Waals surface area contributed by atoms with E-state index >= 15 is 0 Å². The summed E-state index contributed by atoms with van der Waals surface area (Å²) in [6, 6.07) is 0. The maximum atomic E-state index is 5.62. The summed E-state index contributed by atoms with van der Waals surface area (Å²) in [4.78, 5) is 0. The second-order valence-electron chi connectivity index (χ2n) is 4.14. The Morgan fingerprint density at radius 3 is 2.18 bits per heavy atom. The third-order valence-corrected chi connectivity index (χ3v) is 4.17. The second kappa shape index (κ2) is 3.72. The van der Waals surface area contributed by atoms with Crippen molar-refractivity contribution in [3.63, 3.8) is 0 Å². The largest absolute Gasteiger partial charge is 0.423 e. The maximum Gasteiger partial charge on any atom is 0.146 e. The highest BCUT2D eigenvalue weighted by molar-refractivity contribution is 5.98.